The highest BCUT2D eigenvalue weighted by atomic mass is 16.1. The first-order chi connectivity index (χ1) is 12.8. The van der Waals surface area contributed by atoms with Gasteiger partial charge in [0.05, 0.1) is 17.6 Å². The lowest BCUT2D eigenvalue weighted by Crippen LogP contribution is -2.57. The molecule has 0 aromatic rings. The van der Waals surface area contributed by atoms with E-state index in [0.29, 0.717) is 6.42 Å². The van der Waals surface area contributed by atoms with Crippen LogP contribution in [0.3, 0.4) is 0 Å². The lowest BCUT2D eigenvalue weighted by atomic mass is 9.82. The van der Waals surface area contributed by atoms with Gasteiger partial charge in [0.15, 0.2) is 5.78 Å². The molecule has 0 fully saturated rings. The molecule has 154 valence electrons. The molecule has 0 spiro atoms. The zero-order chi connectivity index (χ0) is 20.8. The molecule has 4 heteroatoms. The van der Waals surface area contributed by atoms with Gasteiger partial charge in [-0.2, -0.15) is 0 Å². The zero-order valence-corrected chi connectivity index (χ0v) is 17.7. The van der Waals surface area contributed by atoms with Crippen LogP contribution >= 0.6 is 0 Å². The van der Waals surface area contributed by atoms with Crippen LogP contribution in [0.4, 0.5) is 0 Å². The second-order valence-electron chi connectivity index (χ2n) is 7.54. The maximum absolute atomic E-state index is 13.2. The van der Waals surface area contributed by atoms with Crippen LogP contribution in [0.5, 0.6) is 0 Å². The fraction of sp³-hybridized carbons (Fsp3) is 0.652. The smallest absolute Gasteiger partial charge is 0.166 e. The summed E-state index contributed by atoms with van der Waals surface area (Å²) in [4.78, 5) is 25.4. The van der Waals surface area contributed by atoms with Crippen LogP contribution in [0.2, 0.25) is 0 Å². The van der Waals surface area contributed by atoms with Crippen molar-refractivity contribution in [3.63, 3.8) is 0 Å². The summed E-state index contributed by atoms with van der Waals surface area (Å²) in [5.74, 6) is 0.182. The van der Waals surface area contributed by atoms with Crippen molar-refractivity contribution in [2.24, 2.45) is 0 Å². The van der Waals surface area contributed by atoms with E-state index in [1.54, 1.807) is 6.92 Å². The molecule has 0 unspecified atom stereocenters. The summed E-state index contributed by atoms with van der Waals surface area (Å²) in [5.41, 5.74) is -1.25. The quantitative estimate of drug-likeness (QED) is 0.273. The Morgan fingerprint density at radius 3 is 1.70 bits per heavy atom. The molecule has 0 amide bonds. The second kappa shape index (κ2) is 13.6. The molecule has 27 heavy (non-hydrogen) atoms. The van der Waals surface area contributed by atoms with E-state index in [0.717, 1.165) is 51.4 Å². The molecule has 0 heterocycles. The van der Waals surface area contributed by atoms with Crippen molar-refractivity contribution >= 4 is 11.6 Å². The minimum Gasteiger partial charge on any atom is -0.308 e. The molecule has 4 nitrogen and oxygen atoms in total. The average molecular weight is 377 g/mol. The summed E-state index contributed by atoms with van der Waals surface area (Å²) in [6, 6.07) is 0. The number of allylic oxidation sites excluding steroid dienone is 3. The lowest BCUT2D eigenvalue weighted by molar-refractivity contribution is -0.127. The third kappa shape index (κ3) is 8.81. The van der Waals surface area contributed by atoms with Crippen LogP contribution in [0, 0.1) is 0 Å². The molecule has 0 aliphatic heterocycles. The van der Waals surface area contributed by atoms with E-state index >= 15 is 0 Å². The predicted molar refractivity (Wildman–Crippen MR) is 116 cm³/mol. The maximum Gasteiger partial charge on any atom is 0.166 e. The minimum atomic E-state index is -0.680. The van der Waals surface area contributed by atoms with E-state index in [2.05, 4.69) is 30.4 Å². The van der Waals surface area contributed by atoms with Crippen LogP contribution in [0.15, 0.2) is 38.0 Å². The summed E-state index contributed by atoms with van der Waals surface area (Å²) < 4.78 is 0. The molecule has 0 bridgehead atoms. The highest BCUT2D eigenvalue weighted by molar-refractivity contribution is 5.91. The Morgan fingerprint density at radius 2 is 1.33 bits per heavy atom. The van der Waals surface area contributed by atoms with Crippen molar-refractivity contribution in [1.29, 1.82) is 0 Å². The molecule has 0 aliphatic rings. The first kappa shape index (κ1) is 25.5. The molecule has 0 radical (unpaired) electrons. The SMILES string of the molecule is C=CCCCC(CCCC=C)(NC)C(=O)CN[C@@](C)(CCCC=C)C(C)=O. The summed E-state index contributed by atoms with van der Waals surface area (Å²) in [6.45, 7) is 14.9. The monoisotopic (exact) mass is 376 g/mol. The third-order valence-electron chi connectivity index (χ3n) is 5.54. The summed E-state index contributed by atoms with van der Waals surface area (Å²) >= 11 is 0. The molecular weight excluding hydrogens is 336 g/mol. The zero-order valence-electron chi connectivity index (χ0n) is 17.7. The van der Waals surface area contributed by atoms with Gasteiger partial charge in [-0.25, -0.2) is 0 Å². The average Bonchev–Trinajstić information content (AvgIpc) is 2.65. The van der Waals surface area contributed by atoms with Crippen molar-refractivity contribution in [2.75, 3.05) is 13.6 Å². The lowest BCUT2D eigenvalue weighted by Gasteiger charge is -2.35. The van der Waals surface area contributed by atoms with Gasteiger partial charge in [-0.1, -0.05) is 18.2 Å². The number of hydrogen-bond acceptors (Lipinski definition) is 4. The van der Waals surface area contributed by atoms with Crippen molar-refractivity contribution in [2.45, 2.75) is 82.7 Å². The number of rotatable bonds is 18. The summed E-state index contributed by atoms with van der Waals surface area (Å²) in [5, 5.41) is 6.56. The van der Waals surface area contributed by atoms with Crippen molar-refractivity contribution < 1.29 is 9.59 Å². The Hall–Kier alpha value is -1.52. The van der Waals surface area contributed by atoms with Gasteiger partial charge >= 0.3 is 0 Å². The molecule has 0 aliphatic carbocycles. The van der Waals surface area contributed by atoms with E-state index in [4.69, 9.17) is 0 Å². The second-order valence-corrected chi connectivity index (χ2v) is 7.54. The Bertz CT molecular complexity index is 485. The van der Waals surface area contributed by atoms with Crippen molar-refractivity contribution in [1.82, 2.24) is 10.6 Å². The van der Waals surface area contributed by atoms with Crippen LogP contribution in [-0.2, 0) is 9.59 Å². The van der Waals surface area contributed by atoms with Gasteiger partial charge in [-0.3, -0.25) is 14.9 Å². The molecule has 1 atom stereocenters. The van der Waals surface area contributed by atoms with Crippen molar-refractivity contribution in [3.05, 3.63) is 38.0 Å². The van der Waals surface area contributed by atoms with Gasteiger partial charge in [-0.05, 0) is 78.7 Å². The summed E-state index contributed by atoms with van der Waals surface area (Å²) in [6.07, 6.45) is 13.2. The number of carbonyl (C=O) groups is 2. The standard InChI is InChI=1S/C23H40N2O2/c1-7-10-13-16-22(5,20(4)26)25-19-21(27)23(24-6,17-14-11-8-2)18-15-12-9-3/h7-9,24-25H,1-3,10-19H2,4-6H3/t22-/m0/s1. The third-order valence-corrected chi connectivity index (χ3v) is 5.54. The summed E-state index contributed by atoms with van der Waals surface area (Å²) in [7, 11) is 1.86. The van der Waals surface area contributed by atoms with Gasteiger partial charge < -0.3 is 5.32 Å². The Balaban J connectivity index is 5.15. The fourth-order valence-electron chi connectivity index (χ4n) is 3.32. The van der Waals surface area contributed by atoms with Crippen LogP contribution in [0.25, 0.3) is 0 Å². The molecule has 0 saturated carbocycles. The molecule has 2 N–H and O–H groups in total. The van der Waals surface area contributed by atoms with E-state index < -0.39 is 11.1 Å². The Morgan fingerprint density at radius 1 is 0.889 bits per heavy atom. The van der Waals surface area contributed by atoms with Gasteiger partial charge in [0.1, 0.15) is 5.78 Å². The molecule has 0 aromatic heterocycles. The normalized spacial score (nSPS) is 13.6. The number of likely N-dealkylation sites (N-methyl/N-ethyl adjacent to an activating group) is 1. The number of nitrogens with one attached hydrogen (secondary N) is 2. The molecular formula is C23H40N2O2. The first-order valence-corrected chi connectivity index (χ1v) is 10.1. The van der Waals surface area contributed by atoms with Crippen LogP contribution in [0.1, 0.15) is 71.6 Å². The first-order valence-electron chi connectivity index (χ1n) is 10.1. The number of ketones is 2. The maximum atomic E-state index is 13.2. The molecule has 0 rings (SSSR count). The Kier molecular flexibility index (Phi) is 12.9. The van der Waals surface area contributed by atoms with Crippen molar-refractivity contribution in [3.8, 4) is 0 Å². The van der Waals surface area contributed by atoms with Gasteiger partial charge in [0.25, 0.3) is 0 Å². The highest BCUT2D eigenvalue weighted by Crippen LogP contribution is 2.24. The molecule has 0 aromatic carbocycles. The van der Waals surface area contributed by atoms with Gasteiger partial charge in [0, 0.05) is 0 Å². The van der Waals surface area contributed by atoms with E-state index in [1.165, 1.54) is 0 Å². The van der Waals surface area contributed by atoms with Gasteiger partial charge in [0.2, 0.25) is 0 Å². The topological polar surface area (TPSA) is 58.2 Å². The highest BCUT2D eigenvalue weighted by Gasteiger charge is 2.37. The Labute approximate surface area is 166 Å². The van der Waals surface area contributed by atoms with E-state index in [1.807, 2.05) is 32.2 Å². The fourth-order valence-corrected chi connectivity index (χ4v) is 3.32. The predicted octanol–water partition coefficient (Wildman–Crippen LogP) is 4.52. The largest absolute Gasteiger partial charge is 0.308 e. The van der Waals surface area contributed by atoms with Gasteiger partial charge in [-0.15, -0.1) is 19.7 Å². The number of hydrogen-bond donors (Lipinski definition) is 2. The van der Waals surface area contributed by atoms with E-state index in [-0.39, 0.29) is 18.1 Å². The minimum absolute atomic E-state index is 0.0627. The van der Waals surface area contributed by atoms with Crippen LogP contribution in [-0.4, -0.2) is 36.2 Å². The number of carbonyl (C=O) groups excluding carboxylic acids is 2. The number of unbranched alkanes of at least 4 members (excludes halogenated alkanes) is 3. The molecule has 0 saturated heterocycles. The number of Topliss-reactive ketones (excluding diaryl/α,β-unsaturated/α-hetero) is 2. The van der Waals surface area contributed by atoms with Crippen LogP contribution < -0.4 is 10.6 Å². The van der Waals surface area contributed by atoms with E-state index in [9.17, 15) is 9.59 Å².